The third-order valence-corrected chi connectivity index (χ3v) is 2.54. The van der Waals surface area contributed by atoms with E-state index in [4.69, 9.17) is 16.6 Å². The molecule has 104 valence electrons. The SMILES string of the molecule is C/C(N)=C(\N)C(=O)O.c1ccc(-c2ccccc2)cc1. The summed E-state index contributed by atoms with van der Waals surface area (Å²) in [6, 6.07) is 20.8. The maximum atomic E-state index is 9.88. The fraction of sp³-hybridized carbons (Fsp3) is 0.0625. The van der Waals surface area contributed by atoms with Gasteiger partial charge in [-0.15, -0.1) is 0 Å². The van der Waals surface area contributed by atoms with E-state index in [9.17, 15) is 4.79 Å². The van der Waals surface area contributed by atoms with Gasteiger partial charge in [-0.05, 0) is 18.1 Å². The Kier molecular flexibility index (Phi) is 5.84. The van der Waals surface area contributed by atoms with Gasteiger partial charge >= 0.3 is 5.97 Å². The van der Waals surface area contributed by atoms with Gasteiger partial charge in [-0.3, -0.25) is 0 Å². The molecule has 0 unspecified atom stereocenters. The fourth-order valence-corrected chi connectivity index (χ4v) is 1.43. The highest BCUT2D eigenvalue weighted by atomic mass is 16.4. The lowest BCUT2D eigenvalue weighted by Crippen LogP contribution is -2.15. The topological polar surface area (TPSA) is 89.3 Å². The summed E-state index contributed by atoms with van der Waals surface area (Å²) >= 11 is 0. The number of carbonyl (C=O) groups is 1. The fourth-order valence-electron chi connectivity index (χ4n) is 1.43. The van der Waals surface area contributed by atoms with E-state index in [0.717, 1.165) is 0 Å². The van der Waals surface area contributed by atoms with Gasteiger partial charge in [-0.1, -0.05) is 60.7 Å². The van der Waals surface area contributed by atoms with Crippen molar-refractivity contribution in [3.05, 3.63) is 72.1 Å². The smallest absolute Gasteiger partial charge is 0.353 e. The van der Waals surface area contributed by atoms with Crippen LogP contribution in [0.1, 0.15) is 6.92 Å². The van der Waals surface area contributed by atoms with Crippen LogP contribution in [-0.2, 0) is 4.79 Å². The molecule has 0 aromatic heterocycles. The molecule has 2 rings (SSSR count). The highest BCUT2D eigenvalue weighted by Crippen LogP contribution is 2.17. The molecular weight excluding hydrogens is 252 g/mol. The first-order chi connectivity index (χ1) is 9.52. The summed E-state index contributed by atoms with van der Waals surface area (Å²) in [5.41, 5.74) is 12.3. The number of rotatable bonds is 2. The van der Waals surface area contributed by atoms with Gasteiger partial charge in [-0.25, -0.2) is 4.79 Å². The first-order valence-electron chi connectivity index (χ1n) is 6.08. The summed E-state index contributed by atoms with van der Waals surface area (Å²) in [7, 11) is 0. The predicted octanol–water partition coefficient (Wildman–Crippen LogP) is 2.57. The molecule has 0 radical (unpaired) electrons. The second-order valence-electron chi connectivity index (χ2n) is 4.13. The Morgan fingerprint density at radius 2 is 1.20 bits per heavy atom. The molecule has 0 saturated heterocycles. The molecule has 0 spiro atoms. The van der Waals surface area contributed by atoms with Gasteiger partial charge in [-0.2, -0.15) is 0 Å². The normalized spacial score (nSPS) is 10.8. The van der Waals surface area contributed by atoms with Crippen molar-refractivity contribution in [2.45, 2.75) is 6.92 Å². The number of hydrogen-bond donors (Lipinski definition) is 3. The van der Waals surface area contributed by atoms with Crippen LogP contribution in [0.25, 0.3) is 11.1 Å². The maximum Gasteiger partial charge on any atom is 0.353 e. The van der Waals surface area contributed by atoms with Crippen LogP contribution >= 0.6 is 0 Å². The van der Waals surface area contributed by atoms with Crippen LogP contribution in [0.3, 0.4) is 0 Å². The quantitative estimate of drug-likeness (QED) is 0.732. The summed E-state index contributed by atoms with van der Waals surface area (Å²) < 4.78 is 0. The van der Waals surface area contributed by atoms with Crippen molar-refractivity contribution < 1.29 is 9.90 Å². The van der Waals surface area contributed by atoms with Crippen LogP contribution < -0.4 is 11.5 Å². The minimum absolute atomic E-state index is 0.137. The van der Waals surface area contributed by atoms with Gasteiger partial charge in [0.25, 0.3) is 0 Å². The monoisotopic (exact) mass is 270 g/mol. The van der Waals surface area contributed by atoms with E-state index in [0.29, 0.717) is 0 Å². The minimum atomic E-state index is -1.18. The Morgan fingerprint density at radius 3 is 1.40 bits per heavy atom. The second kappa shape index (κ2) is 7.63. The lowest BCUT2D eigenvalue weighted by Gasteiger charge is -1.98. The number of carboxylic acid groups (broad SMARTS) is 1. The van der Waals surface area contributed by atoms with Gasteiger partial charge in [0.05, 0.1) is 0 Å². The molecule has 2 aromatic carbocycles. The van der Waals surface area contributed by atoms with Crippen LogP contribution in [0.4, 0.5) is 0 Å². The van der Waals surface area contributed by atoms with Gasteiger partial charge < -0.3 is 16.6 Å². The van der Waals surface area contributed by atoms with Crippen LogP contribution in [-0.4, -0.2) is 11.1 Å². The molecule has 0 heterocycles. The van der Waals surface area contributed by atoms with Gasteiger partial charge in [0.1, 0.15) is 5.70 Å². The minimum Gasteiger partial charge on any atom is -0.477 e. The Balaban J connectivity index is 0.000000221. The zero-order valence-electron chi connectivity index (χ0n) is 11.3. The number of hydrogen-bond acceptors (Lipinski definition) is 3. The molecule has 0 fully saturated rings. The summed E-state index contributed by atoms with van der Waals surface area (Å²) in [6.07, 6.45) is 0. The number of carboxylic acids is 1. The van der Waals surface area contributed by atoms with Crippen molar-refractivity contribution in [1.82, 2.24) is 0 Å². The van der Waals surface area contributed by atoms with Crippen LogP contribution in [0.5, 0.6) is 0 Å². The molecule has 0 aliphatic carbocycles. The van der Waals surface area contributed by atoms with E-state index in [1.165, 1.54) is 18.1 Å². The average molecular weight is 270 g/mol. The molecule has 2 aromatic rings. The van der Waals surface area contributed by atoms with E-state index >= 15 is 0 Å². The van der Waals surface area contributed by atoms with Crippen molar-refractivity contribution in [2.75, 3.05) is 0 Å². The highest BCUT2D eigenvalue weighted by Gasteiger charge is 2.01. The number of benzene rings is 2. The Hall–Kier alpha value is -2.75. The molecular formula is C16H18N2O2. The molecule has 4 heteroatoms. The molecule has 20 heavy (non-hydrogen) atoms. The van der Waals surface area contributed by atoms with Crippen molar-refractivity contribution in [3.8, 4) is 11.1 Å². The van der Waals surface area contributed by atoms with Crippen LogP contribution in [0.2, 0.25) is 0 Å². The molecule has 0 aliphatic heterocycles. The molecule has 4 nitrogen and oxygen atoms in total. The van der Waals surface area contributed by atoms with E-state index < -0.39 is 5.97 Å². The van der Waals surface area contributed by atoms with Crippen molar-refractivity contribution in [3.63, 3.8) is 0 Å². The maximum absolute atomic E-state index is 9.88. The highest BCUT2D eigenvalue weighted by molar-refractivity contribution is 5.86. The van der Waals surface area contributed by atoms with Crippen LogP contribution in [0.15, 0.2) is 72.1 Å². The van der Waals surface area contributed by atoms with Gasteiger partial charge in [0, 0.05) is 5.70 Å². The Labute approximate surface area is 118 Å². The standard InChI is InChI=1S/C12H10.C4H8N2O2/c1-3-7-11(8-4-1)12-9-5-2-6-10-12;1-2(5)3(6)4(7)8/h1-10H;5-6H2,1H3,(H,7,8)/b;3-2+. The summed E-state index contributed by atoms with van der Waals surface area (Å²) in [4.78, 5) is 9.88. The number of allylic oxidation sites excluding steroid dienone is 1. The summed E-state index contributed by atoms with van der Waals surface area (Å²) in [5, 5.41) is 8.09. The Morgan fingerprint density at radius 1 is 0.850 bits per heavy atom. The molecule has 0 bridgehead atoms. The van der Waals surface area contributed by atoms with E-state index in [1.807, 2.05) is 12.1 Å². The lowest BCUT2D eigenvalue weighted by molar-refractivity contribution is -0.132. The van der Waals surface area contributed by atoms with Crippen molar-refractivity contribution in [1.29, 1.82) is 0 Å². The van der Waals surface area contributed by atoms with E-state index in [1.54, 1.807) is 0 Å². The number of nitrogens with two attached hydrogens (primary N) is 2. The van der Waals surface area contributed by atoms with Crippen molar-refractivity contribution >= 4 is 5.97 Å². The summed E-state index contributed by atoms with van der Waals surface area (Å²) in [6.45, 7) is 1.43. The molecule has 0 amide bonds. The molecule has 0 saturated carbocycles. The molecule has 5 N–H and O–H groups in total. The number of aliphatic carboxylic acids is 1. The molecule has 0 atom stereocenters. The zero-order valence-corrected chi connectivity index (χ0v) is 11.3. The third kappa shape index (κ3) is 4.86. The lowest BCUT2D eigenvalue weighted by atomic mass is 10.1. The van der Waals surface area contributed by atoms with E-state index in [-0.39, 0.29) is 11.4 Å². The van der Waals surface area contributed by atoms with E-state index in [2.05, 4.69) is 48.5 Å². The van der Waals surface area contributed by atoms with Crippen LogP contribution in [0, 0.1) is 0 Å². The average Bonchev–Trinajstić information content (AvgIpc) is 2.48. The first-order valence-corrected chi connectivity index (χ1v) is 6.08. The Bertz CT molecular complexity index is 536. The van der Waals surface area contributed by atoms with Crippen molar-refractivity contribution in [2.24, 2.45) is 11.5 Å². The third-order valence-electron chi connectivity index (χ3n) is 2.54. The summed E-state index contributed by atoms with van der Waals surface area (Å²) in [5.74, 6) is -1.18. The predicted molar refractivity (Wildman–Crippen MR) is 80.6 cm³/mol. The second-order valence-corrected chi connectivity index (χ2v) is 4.13. The van der Waals surface area contributed by atoms with Gasteiger partial charge in [0.15, 0.2) is 0 Å². The zero-order chi connectivity index (χ0) is 15.0. The molecule has 0 aliphatic rings. The largest absolute Gasteiger partial charge is 0.477 e. The van der Waals surface area contributed by atoms with Gasteiger partial charge in [0.2, 0.25) is 0 Å². The first kappa shape index (κ1) is 15.3.